The van der Waals surface area contributed by atoms with Gasteiger partial charge in [0.05, 0.1) is 17.6 Å². The molecule has 1 N–H and O–H groups in total. The van der Waals surface area contributed by atoms with Crippen molar-refractivity contribution < 1.29 is 8.78 Å². The Bertz CT molecular complexity index is 1090. The van der Waals surface area contributed by atoms with Crippen LogP contribution >= 0.6 is 0 Å². The monoisotopic (exact) mass is 366 g/mol. The molecular weight excluding hydrogens is 350 g/mol. The molecule has 0 saturated carbocycles. The van der Waals surface area contributed by atoms with E-state index in [1.54, 1.807) is 30.3 Å². The van der Waals surface area contributed by atoms with E-state index in [0.29, 0.717) is 22.9 Å². The highest BCUT2D eigenvalue weighted by Gasteiger charge is 2.16. The molecule has 27 heavy (non-hydrogen) atoms. The van der Waals surface area contributed by atoms with E-state index in [9.17, 15) is 8.78 Å². The van der Waals surface area contributed by atoms with Gasteiger partial charge in [-0.2, -0.15) is 5.10 Å². The van der Waals surface area contributed by atoms with E-state index in [-0.39, 0.29) is 6.04 Å². The predicted octanol–water partition coefficient (Wildman–Crippen LogP) is 3.88. The summed E-state index contributed by atoms with van der Waals surface area (Å²) < 4.78 is 28.8. The molecule has 136 valence electrons. The van der Waals surface area contributed by atoms with Crippen LogP contribution < -0.4 is 5.32 Å². The number of rotatable bonds is 4. The topological polar surface area (TPSA) is 68.5 Å². The van der Waals surface area contributed by atoms with Crippen molar-refractivity contribution in [2.45, 2.75) is 13.0 Å². The number of fused-ring (bicyclic) bond motifs is 1. The summed E-state index contributed by atoms with van der Waals surface area (Å²) in [7, 11) is 1.79. The lowest BCUT2D eigenvalue weighted by atomic mass is 10.1. The van der Waals surface area contributed by atoms with Gasteiger partial charge in [-0.05, 0) is 36.8 Å². The summed E-state index contributed by atoms with van der Waals surface area (Å²) in [6.45, 7) is 1.81. The minimum absolute atomic E-state index is 0.376. The molecule has 0 radical (unpaired) electrons. The second-order valence-electron chi connectivity index (χ2n) is 6.21. The Balaban J connectivity index is 1.78. The summed E-state index contributed by atoms with van der Waals surface area (Å²) in [5.74, 6) is -0.193. The third-order valence-electron chi connectivity index (χ3n) is 4.27. The van der Waals surface area contributed by atoms with Crippen molar-refractivity contribution in [2.75, 3.05) is 5.32 Å². The molecule has 1 atom stereocenters. The first-order chi connectivity index (χ1) is 13.0. The molecular formula is C19H16F2N6. The molecule has 4 rings (SSSR count). The third-order valence-corrected chi connectivity index (χ3v) is 4.27. The molecule has 3 heterocycles. The fourth-order valence-electron chi connectivity index (χ4n) is 2.88. The normalized spacial score (nSPS) is 12.3. The van der Waals surface area contributed by atoms with Crippen LogP contribution in [0.25, 0.3) is 22.4 Å². The van der Waals surface area contributed by atoms with Crippen LogP contribution in [0.4, 0.5) is 14.6 Å². The fraction of sp³-hybridized carbons (Fsp3) is 0.158. The van der Waals surface area contributed by atoms with Gasteiger partial charge in [-0.25, -0.2) is 18.7 Å². The first-order valence-electron chi connectivity index (χ1n) is 8.34. The fourth-order valence-corrected chi connectivity index (χ4v) is 2.88. The van der Waals surface area contributed by atoms with Crippen LogP contribution in [0.15, 0.2) is 48.9 Å². The Labute approximate surface area is 153 Å². The lowest BCUT2D eigenvalue weighted by molar-refractivity contribution is 0.577. The smallest absolute Gasteiger partial charge is 0.164 e. The van der Waals surface area contributed by atoms with Crippen LogP contribution in [0.1, 0.15) is 18.5 Å². The Morgan fingerprint density at radius 3 is 2.44 bits per heavy atom. The maximum atomic E-state index is 13.6. The molecule has 0 aliphatic carbocycles. The van der Waals surface area contributed by atoms with Crippen LogP contribution in [0.3, 0.4) is 0 Å². The van der Waals surface area contributed by atoms with E-state index in [1.165, 1.54) is 12.1 Å². The van der Waals surface area contributed by atoms with Crippen molar-refractivity contribution in [1.82, 2.24) is 24.7 Å². The van der Waals surface area contributed by atoms with Crippen molar-refractivity contribution in [2.24, 2.45) is 7.05 Å². The van der Waals surface area contributed by atoms with Crippen LogP contribution in [-0.4, -0.2) is 24.7 Å². The highest BCUT2D eigenvalue weighted by molar-refractivity contribution is 5.88. The number of hydrogen-bond acceptors (Lipinski definition) is 5. The second kappa shape index (κ2) is 6.71. The molecule has 0 bridgehead atoms. The quantitative estimate of drug-likeness (QED) is 0.594. The molecule has 0 fully saturated rings. The Morgan fingerprint density at radius 1 is 1.04 bits per heavy atom. The number of pyridine rings is 1. The van der Waals surface area contributed by atoms with E-state index in [0.717, 1.165) is 17.0 Å². The van der Waals surface area contributed by atoms with Gasteiger partial charge >= 0.3 is 0 Å². The van der Waals surface area contributed by atoms with Crippen molar-refractivity contribution in [1.29, 1.82) is 0 Å². The highest BCUT2D eigenvalue weighted by Crippen LogP contribution is 2.28. The molecule has 3 aromatic heterocycles. The molecule has 0 aliphatic rings. The number of aromatic nitrogens is 5. The van der Waals surface area contributed by atoms with E-state index >= 15 is 0 Å². The molecule has 0 amide bonds. The summed E-state index contributed by atoms with van der Waals surface area (Å²) in [5.41, 5.74) is 1.94. The van der Waals surface area contributed by atoms with E-state index in [1.807, 2.05) is 19.1 Å². The number of benzene rings is 1. The first-order valence-corrected chi connectivity index (χ1v) is 8.34. The minimum atomic E-state index is -0.620. The summed E-state index contributed by atoms with van der Waals surface area (Å²) in [6, 6.07) is 6.69. The van der Waals surface area contributed by atoms with Gasteiger partial charge in [-0.15, -0.1) is 0 Å². The van der Waals surface area contributed by atoms with Crippen LogP contribution in [0.2, 0.25) is 0 Å². The first kappa shape index (κ1) is 17.0. The zero-order valence-electron chi connectivity index (χ0n) is 14.7. The van der Waals surface area contributed by atoms with Gasteiger partial charge in [0, 0.05) is 31.1 Å². The number of nitrogens with one attached hydrogen (secondary N) is 1. The third kappa shape index (κ3) is 3.33. The molecule has 1 aromatic carbocycles. The molecule has 6 nitrogen and oxygen atoms in total. The Hall–Kier alpha value is -3.42. The molecule has 0 saturated heterocycles. The molecule has 1 unspecified atom stereocenters. The summed E-state index contributed by atoms with van der Waals surface area (Å²) >= 11 is 0. The van der Waals surface area contributed by atoms with E-state index in [4.69, 9.17) is 0 Å². The maximum Gasteiger partial charge on any atom is 0.164 e. The van der Waals surface area contributed by atoms with Gasteiger partial charge in [0.2, 0.25) is 0 Å². The van der Waals surface area contributed by atoms with Crippen LogP contribution in [0, 0.1) is 11.6 Å². The van der Waals surface area contributed by atoms with Crippen molar-refractivity contribution in [3.05, 3.63) is 66.1 Å². The van der Waals surface area contributed by atoms with Crippen molar-refractivity contribution in [3.63, 3.8) is 0 Å². The zero-order valence-corrected chi connectivity index (χ0v) is 14.7. The Morgan fingerprint density at radius 2 is 1.74 bits per heavy atom. The van der Waals surface area contributed by atoms with Gasteiger partial charge in [0.25, 0.3) is 0 Å². The van der Waals surface area contributed by atoms with Crippen LogP contribution in [0.5, 0.6) is 0 Å². The van der Waals surface area contributed by atoms with E-state index < -0.39 is 11.6 Å². The number of hydrogen-bond donors (Lipinski definition) is 1. The lowest BCUT2D eigenvalue weighted by Gasteiger charge is -2.16. The van der Waals surface area contributed by atoms with Gasteiger partial charge < -0.3 is 5.32 Å². The molecule has 0 spiro atoms. The summed E-state index contributed by atoms with van der Waals surface area (Å²) in [4.78, 5) is 13.2. The largest absolute Gasteiger partial charge is 0.363 e. The molecule has 4 aromatic rings. The minimum Gasteiger partial charge on any atom is -0.363 e. The van der Waals surface area contributed by atoms with Gasteiger partial charge in [0.1, 0.15) is 17.5 Å². The molecule has 8 heteroatoms. The summed E-state index contributed by atoms with van der Waals surface area (Å²) in [5, 5.41) is 8.19. The summed E-state index contributed by atoms with van der Waals surface area (Å²) in [6.07, 6.45) is 4.99. The Kier molecular flexibility index (Phi) is 4.23. The predicted molar refractivity (Wildman–Crippen MR) is 97.9 cm³/mol. The average Bonchev–Trinajstić information content (AvgIpc) is 3.03. The zero-order chi connectivity index (χ0) is 19.0. The van der Waals surface area contributed by atoms with Gasteiger partial charge in [0.15, 0.2) is 11.5 Å². The van der Waals surface area contributed by atoms with Crippen molar-refractivity contribution >= 4 is 16.9 Å². The highest BCUT2D eigenvalue weighted by atomic mass is 19.1. The van der Waals surface area contributed by atoms with Gasteiger partial charge in [-0.1, -0.05) is 0 Å². The number of nitrogens with zero attached hydrogens (tertiary/aromatic N) is 5. The average molecular weight is 366 g/mol. The SMILES string of the molecule is CC(Nc1nc(-c2ccncc2)nc2c1cnn2C)c1cc(F)cc(F)c1. The molecule has 0 aliphatic heterocycles. The van der Waals surface area contributed by atoms with Crippen molar-refractivity contribution in [3.8, 4) is 11.4 Å². The lowest BCUT2D eigenvalue weighted by Crippen LogP contribution is -2.10. The van der Waals surface area contributed by atoms with Gasteiger partial charge in [-0.3, -0.25) is 9.67 Å². The standard InChI is InChI=1S/C19H16F2N6/c1-11(13-7-14(20)9-15(21)8-13)24-18-16-10-23-27(2)19(16)26-17(25-18)12-3-5-22-6-4-12/h3-11H,1-2H3,(H,24,25,26). The number of anilines is 1. The van der Waals surface area contributed by atoms with Crippen LogP contribution in [-0.2, 0) is 7.05 Å². The van der Waals surface area contributed by atoms with E-state index in [2.05, 4.69) is 25.4 Å². The maximum absolute atomic E-state index is 13.6. The number of halogens is 2. The number of aryl methyl sites for hydroxylation is 1. The second-order valence-corrected chi connectivity index (χ2v) is 6.21.